The lowest BCUT2D eigenvalue weighted by atomic mass is 9.99. The van der Waals surface area contributed by atoms with E-state index in [1.807, 2.05) is 0 Å². The second kappa shape index (κ2) is 7.22. The van der Waals surface area contributed by atoms with Crippen LogP contribution in [0, 0.1) is 0 Å². The zero-order valence-corrected chi connectivity index (χ0v) is 14.5. The molecule has 2 N–H and O–H groups in total. The second-order valence-electron chi connectivity index (χ2n) is 5.79. The van der Waals surface area contributed by atoms with Crippen molar-refractivity contribution in [3.05, 3.63) is 54.1 Å². The lowest BCUT2D eigenvalue weighted by molar-refractivity contribution is -0.136. The molecule has 0 bridgehead atoms. The number of aliphatic hydroxyl groups is 1. The summed E-state index contributed by atoms with van der Waals surface area (Å²) in [6.45, 7) is 2.98. The Morgan fingerprint density at radius 2 is 1.52 bits per heavy atom. The third kappa shape index (κ3) is 5.56. The van der Waals surface area contributed by atoms with E-state index in [2.05, 4.69) is 0 Å². The molecular formula is C17H18O7S. The van der Waals surface area contributed by atoms with Crippen molar-refractivity contribution >= 4 is 16.1 Å². The molecule has 0 saturated heterocycles. The normalized spacial score (nSPS) is 11.8. The summed E-state index contributed by atoms with van der Waals surface area (Å²) in [5.41, 5.74) is -0.257. The van der Waals surface area contributed by atoms with Crippen LogP contribution in [0.1, 0.15) is 19.4 Å². The Morgan fingerprint density at radius 1 is 1.00 bits per heavy atom. The monoisotopic (exact) mass is 366 g/mol. The molecule has 2 rings (SSSR count). The first-order valence-electron chi connectivity index (χ1n) is 7.30. The molecule has 0 aliphatic carbocycles. The number of esters is 1. The number of rotatable bonds is 6. The van der Waals surface area contributed by atoms with Gasteiger partial charge in [-0.3, -0.25) is 4.55 Å². The van der Waals surface area contributed by atoms with E-state index in [0.717, 1.165) is 12.1 Å². The van der Waals surface area contributed by atoms with Crippen LogP contribution in [0.25, 0.3) is 0 Å². The smallest absolute Gasteiger partial charge is 0.349 e. The average Bonchev–Trinajstić information content (AvgIpc) is 2.52. The van der Waals surface area contributed by atoms with Crippen LogP contribution in [0.5, 0.6) is 11.5 Å². The average molecular weight is 366 g/mol. The fraction of sp³-hybridized carbons (Fsp3) is 0.235. The minimum atomic E-state index is -4.29. The van der Waals surface area contributed by atoms with Gasteiger partial charge in [0.2, 0.25) is 0 Å². The van der Waals surface area contributed by atoms with E-state index in [1.165, 1.54) is 12.1 Å². The van der Waals surface area contributed by atoms with E-state index in [0.29, 0.717) is 11.3 Å². The predicted octanol–water partition coefficient (Wildman–Crippen LogP) is 2.15. The van der Waals surface area contributed by atoms with Crippen LogP contribution in [0.15, 0.2) is 53.4 Å². The van der Waals surface area contributed by atoms with Crippen LogP contribution in [0.2, 0.25) is 0 Å². The maximum absolute atomic E-state index is 11.7. The lowest BCUT2D eigenvalue weighted by Crippen LogP contribution is -2.18. The van der Waals surface area contributed by atoms with Crippen LogP contribution in [0.4, 0.5) is 0 Å². The predicted molar refractivity (Wildman–Crippen MR) is 89.1 cm³/mol. The zero-order chi connectivity index (χ0) is 18.7. The Labute approximate surface area is 145 Å². The van der Waals surface area contributed by atoms with Crippen LogP contribution in [-0.4, -0.2) is 30.7 Å². The van der Waals surface area contributed by atoms with Crippen LogP contribution >= 0.6 is 0 Å². The van der Waals surface area contributed by atoms with E-state index in [4.69, 9.17) is 14.0 Å². The van der Waals surface area contributed by atoms with Gasteiger partial charge in [0.15, 0.2) is 6.61 Å². The summed E-state index contributed by atoms with van der Waals surface area (Å²) in [6, 6.07) is 11.4. The van der Waals surface area contributed by atoms with Crippen molar-refractivity contribution in [2.75, 3.05) is 6.61 Å². The van der Waals surface area contributed by atoms with Crippen LogP contribution < -0.4 is 9.47 Å². The van der Waals surface area contributed by atoms with Gasteiger partial charge in [0.25, 0.3) is 10.1 Å². The van der Waals surface area contributed by atoms with Crippen molar-refractivity contribution in [1.82, 2.24) is 0 Å². The Bertz CT molecular complexity index is 832. The van der Waals surface area contributed by atoms with Gasteiger partial charge in [-0.15, -0.1) is 0 Å². The van der Waals surface area contributed by atoms with Gasteiger partial charge in [0.05, 0.1) is 10.5 Å². The molecule has 0 heterocycles. The Balaban J connectivity index is 1.90. The highest BCUT2D eigenvalue weighted by Gasteiger charge is 2.15. The summed E-state index contributed by atoms with van der Waals surface area (Å²) >= 11 is 0. The number of hydrogen-bond acceptors (Lipinski definition) is 6. The minimum absolute atomic E-state index is 0.123. The van der Waals surface area contributed by atoms with Gasteiger partial charge in [-0.2, -0.15) is 8.42 Å². The van der Waals surface area contributed by atoms with E-state index < -0.39 is 21.7 Å². The first kappa shape index (κ1) is 18.9. The molecular weight excluding hydrogens is 348 g/mol. The molecule has 134 valence electrons. The molecule has 8 heteroatoms. The molecule has 0 aliphatic rings. The summed E-state index contributed by atoms with van der Waals surface area (Å²) < 4.78 is 41.0. The van der Waals surface area contributed by atoms with Crippen molar-refractivity contribution in [1.29, 1.82) is 0 Å². The maximum atomic E-state index is 11.7. The Kier molecular flexibility index (Phi) is 5.46. The second-order valence-corrected chi connectivity index (χ2v) is 7.21. The molecule has 2 aromatic rings. The molecule has 0 unspecified atom stereocenters. The molecule has 7 nitrogen and oxygen atoms in total. The highest BCUT2D eigenvalue weighted by Crippen LogP contribution is 2.22. The SMILES string of the molecule is CC(C)(O)c1ccc(OCC(=O)Oc2ccc(S(=O)(=O)O)cc2)cc1. The van der Waals surface area contributed by atoms with E-state index in [1.54, 1.807) is 38.1 Å². The fourth-order valence-electron chi connectivity index (χ4n) is 1.94. The van der Waals surface area contributed by atoms with Gasteiger partial charge < -0.3 is 14.6 Å². The van der Waals surface area contributed by atoms with Gasteiger partial charge in [-0.05, 0) is 55.8 Å². The van der Waals surface area contributed by atoms with E-state index in [-0.39, 0.29) is 17.3 Å². The Morgan fingerprint density at radius 3 is 2.00 bits per heavy atom. The summed E-state index contributed by atoms with van der Waals surface area (Å²) in [4.78, 5) is 11.4. The quantitative estimate of drug-likeness (QED) is 0.458. The summed E-state index contributed by atoms with van der Waals surface area (Å²) in [5.74, 6) is -0.115. The number of carbonyl (C=O) groups excluding carboxylic acids is 1. The van der Waals surface area contributed by atoms with Crippen LogP contribution in [-0.2, 0) is 20.5 Å². The van der Waals surface area contributed by atoms with Gasteiger partial charge >= 0.3 is 5.97 Å². The standard InChI is InChI=1S/C17H18O7S/c1-17(2,19)12-3-5-13(6-4-12)23-11-16(18)24-14-7-9-15(10-8-14)25(20,21)22/h3-10,19H,11H2,1-2H3,(H,20,21,22). The minimum Gasteiger partial charge on any atom is -0.482 e. The largest absolute Gasteiger partial charge is 0.482 e. The highest BCUT2D eigenvalue weighted by molar-refractivity contribution is 7.85. The van der Waals surface area contributed by atoms with Gasteiger partial charge in [0.1, 0.15) is 11.5 Å². The van der Waals surface area contributed by atoms with Crippen molar-refractivity contribution < 1.29 is 32.3 Å². The van der Waals surface area contributed by atoms with Gasteiger partial charge in [-0.25, -0.2) is 4.79 Å². The number of ether oxygens (including phenoxy) is 2. The molecule has 0 spiro atoms. The molecule has 0 aliphatic heterocycles. The highest BCUT2D eigenvalue weighted by atomic mass is 32.2. The Hall–Kier alpha value is -2.42. The topological polar surface area (TPSA) is 110 Å². The van der Waals surface area contributed by atoms with E-state index in [9.17, 15) is 18.3 Å². The first-order valence-corrected chi connectivity index (χ1v) is 8.74. The molecule has 0 amide bonds. The molecule has 0 atom stereocenters. The zero-order valence-electron chi connectivity index (χ0n) is 13.7. The third-order valence-electron chi connectivity index (χ3n) is 3.27. The molecule has 0 saturated carbocycles. The van der Waals surface area contributed by atoms with Gasteiger partial charge in [-0.1, -0.05) is 12.1 Å². The van der Waals surface area contributed by atoms with Crippen molar-refractivity contribution in [3.8, 4) is 11.5 Å². The first-order chi connectivity index (χ1) is 11.6. The number of hydrogen-bond donors (Lipinski definition) is 2. The van der Waals surface area contributed by atoms with Crippen LogP contribution in [0.3, 0.4) is 0 Å². The fourth-order valence-corrected chi connectivity index (χ4v) is 2.42. The number of benzene rings is 2. The van der Waals surface area contributed by atoms with E-state index >= 15 is 0 Å². The third-order valence-corrected chi connectivity index (χ3v) is 4.14. The maximum Gasteiger partial charge on any atom is 0.349 e. The molecule has 25 heavy (non-hydrogen) atoms. The van der Waals surface area contributed by atoms with Crippen molar-refractivity contribution in [2.24, 2.45) is 0 Å². The lowest BCUT2D eigenvalue weighted by Gasteiger charge is -2.17. The summed E-state index contributed by atoms with van der Waals surface area (Å²) in [7, 11) is -4.29. The number of carbonyl (C=O) groups is 1. The molecule has 0 radical (unpaired) electrons. The molecule has 2 aromatic carbocycles. The summed E-state index contributed by atoms with van der Waals surface area (Å²) in [5, 5.41) is 9.86. The summed E-state index contributed by atoms with van der Waals surface area (Å²) in [6.07, 6.45) is 0. The van der Waals surface area contributed by atoms with Crippen molar-refractivity contribution in [2.45, 2.75) is 24.3 Å². The molecule has 0 aromatic heterocycles. The van der Waals surface area contributed by atoms with Crippen molar-refractivity contribution in [3.63, 3.8) is 0 Å². The van der Waals surface area contributed by atoms with Gasteiger partial charge in [0, 0.05) is 0 Å². The molecule has 0 fully saturated rings.